The summed E-state index contributed by atoms with van der Waals surface area (Å²) in [6.07, 6.45) is 7.11. The Bertz CT molecular complexity index is 910. The number of H-pyrrole nitrogens is 1. The van der Waals surface area contributed by atoms with Crippen LogP contribution in [-0.2, 0) is 12.0 Å². The summed E-state index contributed by atoms with van der Waals surface area (Å²) in [6, 6.07) is 14.9. The van der Waals surface area contributed by atoms with E-state index >= 15 is 0 Å². The van der Waals surface area contributed by atoms with E-state index in [0.717, 1.165) is 24.6 Å². The first kappa shape index (κ1) is 17.9. The third-order valence-electron chi connectivity index (χ3n) is 6.01. The minimum Gasteiger partial charge on any atom is -0.493 e. The second-order valence-corrected chi connectivity index (χ2v) is 7.52. The van der Waals surface area contributed by atoms with Gasteiger partial charge in [-0.15, -0.1) is 0 Å². The zero-order valence-corrected chi connectivity index (χ0v) is 16.2. The SMILES string of the molecule is COc1ccc(C2(CNCc3c[nH]c4ccccc34)CCCC2)cc1OC. The second kappa shape index (κ2) is 7.65. The molecule has 0 unspecified atom stereocenters. The molecule has 0 bridgehead atoms. The van der Waals surface area contributed by atoms with Crippen LogP contribution in [0.15, 0.2) is 48.7 Å². The van der Waals surface area contributed by atoms with Gasteiger partial charge >= 0.3 is 0 Å². The zero-order chi connectivity index (χ0) is 18.7. The van der Waals surface area contributed by atoms with Crippen LogP contribution in [-0.4, -0.2) is 25.7 Å². The van der Waals surface area contributed by atoms with E-state index < -0.39 is 0 Å². The van der Waals surface area contributed by atoms with E-state index in [4.69, 9.17) is 9.47 Å². The topological polar surface area (TPSA) is 46.3 Å². The van der Waals surface area contributed by atoms with Crippen LogP contribution in [0.2, 0.25) is 0 Å². The first-order valence-electron chi connectivity index (χ1n) is 9.74. The van der Waals surface area contributed by atoms with Crippen molar-refractivity contribution in [3.63, 3.8) is 0 Å². The Morgan fingerprint density at radius 2 is 1.78 bits per heavy atom. The van der Waals surface area contributed by atoms with Crippen molar-refractivity contribution < 1.29 is 9.47 Å². The first-order chi connectivity index (χ1) is 13.3. The summed E-state index contributed by atoms with van der Waals surface area (Å²) in [6.45, 7) is 1.85. The van der Waals surface area contributed by atoms with Crippen LogP contribution in [0.3, 0.4) is 0 Å². The van der Waals surface area contributed by atoms with Crippen molar-refractivity contribution in [1.29, 1.82) is 0 Å². The average molecular weight is 364 g/mol. The molecule has 0 aliphatic heterocycles. The van der Waals surface area contributed by atoms with Gasteiger partial charge in [0.25, 0.3) is 0 Å². The third-order valence-corrected chi connectivity index (χ3v) is 6.01. The Labute approximate surface area is 160 Å². The van der Waals surface area contributed by atoms with Gasteiger partial charge in [0.15, 0.2) is 11.5 Å². The molecule has 1 fully saturated rings. The van der Waals surface area contributed by atoms with E-state index in [2.05, 4.69) is 52.9 Å². The number of hydrogen-bond acceptors (Lipinski definition) is 3. The van der Waals surface area contributed by atoms with Crippen molar-refractivity contribution >= 4 is 10.9 Å². The molecule has 0 saturated heterocycles. The lowest BCUT2D eigenvalue weighted by Gasteiger charge is -2.31. The molecule has 1 saturated carbocycles. The number of hydrogen-bond donors (Lipinski definition) is 2. The van der Waals surface area contributed by atoms with Crippen molar-refractivity contribution in [3.8, 4) is 11.5 Å². The van der Waals surface area contributed by atoms with E-state index in [0.29, 0.717) is 0 Å². The van der Waals surface area contributed by atoms with Crippen molar-refractivity contribution in [2.75, 3.05) is 20.8 Å². The van der Waals surface area contributed by atoms with Gasteiger partial charge in [-0.05, 0) is 42.2 Å². The maximum atomic E-state index is 5.54. The summed E-state index contributed by atoms with van der Waals surface area (Å²) < 4.78 is 11.0. The highest BCUT2D eigenvalue weighted by molar-refractivity contribution is 5.82. The molecule has 4 nitrogen and oxygen atoms in total. The smallest absolute Gasteiger partial charge is 0.161 e. The summed E-state index contributed by atoms with van der Waals surface area (Å²) in [5.74, 6) is 1.61. The maximum Gasteiger partial charge on any atom is 0.161 e. The molecular formula is C23H28N2O2. The number of fused-ring (bicyclic) bond motifs is 1. The maximum absolute atomic E-state index is 5.54. The monoisotopic (exact) mass is 364 g/mol. The molecule has 1 aromatic heterocycles. The third kappa shape index (κ3) is 3.42. The molecule has 0 amide bonds. The fourth-order valence-electron chi connectivity index (χ4n) is 4.50. The second-order valence-electron chi connectivity index (χ2n) is 7.52. The van der Waals surface area contributed by atoms with Crippen LogP contribution >= 0.6 is 0 Å². The molecule has 142 valence electrons. The molecular weight excluding hydrogens is 336 g/mol. The Morgan fingerprint density at radius 3 is 2.56 bits per heavy atom. The van der Waals surface area contributed by atoms with Crippen molar-refractivity contribution in [1.82, 2.24) is 10.3 Å². The molecule has 0 radical (unpaired) electrons. The summed E-state index contributed by atoms with van der Waals surface area (Å²) in [4.78, 5) is 3.37. The molecule has 1 aliphatic carbocycles. The fraction of sp³-hybridized carbons (Fsp3) is 0.391. The Kier molecular flexibility index (Phi) is 5.08. The standard InChI is InChI=1S/C23H28N2O2/c1-26-21-10-9-18(13-22(21)27-2)23(11-5-6-12-23)16-24-14-17-15-25-20-8-4-3-7-19(17)20/h3-4,7-10,13,15,24-25H,5-6,11-12,14,16H2,1-2H3. The highest BCUT2D eigenvalue weighted by Gasteiger charge is 2.35. The molecule has 3 aromatic rings. The molecule has 0 spiro atoms. The molecule has 2 aromatic carbocycles. The number of ether oxygens (including phenoxy) is 2. The lowest BCUT2D eigenvalue weighted by Crippen LogP contribution is -2.35. The van der Waals surface area contributed by atoms with Gasteiger partial charge in [-0.1, -0.05) is 37.1 Å². The number of aromatic amines is 1. The van der Waals surface area contributed by atoms with Gasteiger partial charge in [0.05, 0.1) is 14.2 Å². The van der Waals surface area contributed by atoms with Crippen LogP contribution in [0.1, 0.15) is 36.8 Å². The molecule has 4 rings (SSSR count). The Morgan fingerprint density at radius 1 is 1.00 bits per heavy atom. The lowest BCUT2D eigenvalue weighted by molar-refractivity contribution is 0.350. The summed E-state index contributed by atoms with van der Waals surface area (Å²) in [5, 5.41) is 5.04. The minimum absolute atomic E-state index is 0.172. The number of methoxy groups -OCH3 is 2. The van der Waals surface area contributed by atoms with E-state index in [-0.39, 0.29) is 5.41 Å². The van der Waals surface area contributed by atoms with Crippen LogP contribution in [0, 0.1) is 0 Å². The van der Waals surface area contributed by atoms with Crippen LogP contribution in [0.4, 0.5) is 0 Å². The summed E-state index contributed by atoms with van der Waals surface area (Å²) in [7, 11) is 3.39. The van der Waals surface area contributed by atoms with Crippen molar-refractivity contribution in [2.45, 2.75) is 37.6 Å². The molecule has 0 atom stereocenters. The lowest BCUT2D eigenvalue weighted by atomic mass is 9.78. The van der Waals surface area contributed by atoms with Gasteiger partial charge in [-0.2, -0.15) is 0 Å². The molecule has 1 aliphatic rings. The van der Waals surface area contributed by atoms with Gasteiger partial charge in [0.1, 0.15) is 0 Å². The van der Waals surface area contributed by atoms with Gasteiger partial charge in [0, 0.05) is 35.6 Å². The molecule has 1 heterocycles. The number of nitrogens with one attached hydrogen (secondary N) is 2. The van der Waals surface area contributed by atoms with Crippen molar-refractivity contribution in [2.24, 2.45) is 0 Å². The Hall–Kier alpha value is -2.46. The molecule has 27 heavy (non-hydrogen) atoms. The highest BCUT2D eigenvalue weighted by Crippen LogP contribution is 2.43. The highest BCUT2D eigenvalue weighted by atomic mass is 16.5. The van der Waals surface area contributed by atoms with E-state index in [9.17, 15) is 0 Å². The van der Waals surface area contributed by atoms with Gasteiger partial charge in [-0.25, -0.2) is 0 Å². The predicted molar refractivity (Wildman–Crippen MR) is 110 cm³/mol. The van der Waals surface area contributed by atoms with Gasteiger partial charge in [-0.3, -0.25) is 0 Å². The van der Waals surface area contributed by atoms with E-state index in [1.165, 1.54) is 47.7 Å². The van der Waals surface area contributed by atoms with Crippen molar-refractivity contribution in [3.05, 3.63) is 59.8 Å². The van der Waals surface area contributed by atoms with Crippen LogP contribution in [0.5, 0.6) is 11.5 Å². The summed E-state index contributed by atoms with van der Waals surface area (Å²) in [5.41, 5.74) is 4.05. The largest absolute Gasteiger partial charge is 0.493 e. The Balaban J connectivity index is 1.52. The van der Waals surface area contributed by atoms with E-state index in [1.54, 1.807) is 14.2 Å². The minimum atomic E-state index is 0.172. The first-order valence-corrected chi connectivity index (χ1v) is 9.74. The number of benzene rings is 2. The van der Waals surface area contributed by atoms with Crippen LogP contribution < -0.4 is 14.8 Å². The van der Waals surface area contributed by atoms with E-state index in [1.807, 2.05) is 6.07 Å². The fourth-order valence-corrected chi connectivity index (χ4v) is 4.50. The molecule has 4 heteroatoms. The predicted octanol–water partition coefficient (Wildman–Crippen LogP) is 4.79. The number of aromatic nitrogens is 1. The molecule has 2 N–H and O–H groups in total. The zero-order valence-electron chi connectivity index (χ0n) is 16.2. The van der Waals surface area contributed by atoms with Gasteiger partial charge in [0.2, 0.25) is 0 Å². The normalized spacial score (nSPS) is 15.9. The van der Waals surface area contributed by atoms with Gasteiger partial charge < -0.3 is 19.8 Å². The summed E-state index contributed by atoms with van der Waals surface area (Å²) >= 11 is 0. The number of rotatable bonds is 7. The average Bonchev–Trinajstić information content (AvgIpc) is 3.36. The van der Waals surface area contributed by atoms with Crippen LogP contribution in [0.25, 0.3) is 10.9 Å². The number of para-hydroxylation sites is 1. The quantitative estimate of drug-likeness (QED) is 0.634.